The van der Waals surface area contributed by atoms with Crippen molar-refractivity contribution < 1.29 is 0 Å². The molecule has 0 atom stereocenters. The maximum absolute atomic E-state index is 8.38. The molecule has 0 fully saturated rings. The summed E-state index contributed by atoms with van der Waals surface area (Å²) in [5, 5.41) is 8.38. The van der Waals surface area contributed by atoms with E-state index in [0.29, 0.717) is 0 Å². The first-order valence-corrected chi connectivity index (χ1v) is 4.97. The summed E-state index contributed by atoms with van der Waals surface area (Å²) in [5.41, 5.74) is 0. The number of halogens is 1. The topological polar surface area (TPSA) is 23.8 Å². The third kappa shape index (κ3) is 3.48. The average molecular weight is 168 g/mol. The van der Waals surface area contributed by atoms with Crippen LogP contribution in [0, 0.1) is 11.3 Å². The van der Waals surface area contributed by atoms with Crippen molar-refractivity contribution in [3.8, 4) is 6.07 Å². The second-order valence-electron chi connectivity index (χ2n) is 1.77. The minimum Gasteiger partial charge on any atom is -0.197 e. The highest BCUT2D eigenvalue weighted by Gasteiger charge is 2.16. The monoisotopic (exact) mass is 167 g/mol. The first-order valence-electron chi connectivity index (χ1n) is 2.00. The molecule has 0 saturated heterocycles. The molecule has 0 aromatic heterocycles. The van der Waals surface area contributed by atoms with E-state index < -0.39 is 0 Å². The molecule has 8 heavy (non-hydrogen) atoms. The van der Waals surface area contributed by atoms with E-state index in [4.69, 9.17) is 15.9 Å². The summed E-state index contributed by atoms with van der Waals surface area (Å²) in [6.07, 6.45) is 0. The highest BCUT2D eigenvalue weighted by Crippen LogP contribution is 2.37. The lowest BCUT2D eigenvalue weighted by atomic mass is 10.2. The van der Waals surface area contributed by atoms with Gasteiger partial charge in [-0.05, 0) is 24.5 Å². The SMILES string of the molecule is CC(C)(C#N)SSCl. The lowest BCUT2D eigenvalue weighted by Gasteiger charge is -2.08. The summed E-state index contributed by atoms with van der Waals surface area (Å²) >= 11 is 0. The van der Waals surface area contributed by atoms with Gasteiger partial charge in [-0.15, -0.1) is 0 Å². The van der Waals surface area contributed by atoms with Crippen LogP contribution >= 0.6 is 31.5 Å². The Hall–Kier alpha value is 0.480. The van der Waals surface area contributed by atoms with Gasteiger partial charge in [-0.1, -0.05) is 10.8 Å². The highest BCUT2D eigenvalue weighted by molar-refractivity contribution is 8.85. The molecule has 0 aromatic rings. The zero-order chi connectivity index (χ0) is 6.62. The Morgan fingerprint density at radius 3 is 2.25 bits per heavy atom. The van der Waals surface area contributed by atoms with Gasteiger partial charge in [0.2, 0.25) is 0 Å². The second kappa shape index (κ2) is 3.49. The molecule has 0 bridgehead atoms. The molecule has 0 aliphatic rings. The van der Waals surface area contributed by atoms with Crippen LogP contribution in [0.15, 0.2) is 0 Å². The van der Waals surface area contributed by atoms with Crippen LogP contribution in [-0.4, -0.2) is 4.75 Å². The molecule has 0 aliphatic heterocycles. The largest absolute Gasteiger partial charge is 0.197 e. The van der Waals surface area contributed by atoms with Crippen molar-refractivity contribution in [2.45, 2.75) is 18.6 Å². The van der Waals surface area contributed by atoms with Gasteiger partial charge in [0.25, 0.3) is 0 Å². The first kappa shape index (κ1) is 8.48. The fourth-order valence-corrected chi connectivity index (χ4v) is 2.29. The molecule has 0 N–H and O–H groups in total. The first-order chi connectivity index (χ1) is 3.62. The maximum Gasteiger partial charge on any atom is 0.108 e. The number of hydrogen-bond acceptors (Lipinski definition) is 3. The van der Waals surface area contributed by atoms with Crippen LogP contribution in [0.25, 0.3) is 0 Å². The summed E-state index contributed by atoms with van der Waals surface area (Å²) in [4.78, 5) is 0. The number of nitriles is 1. The molecular weight excluding hydrogens is 162 g/mol. The minimum atomic E-state index is -0.355. The smallest absolute Gasteiger partial charge is 0.108 e. The Labute approximate surface area is 61.7 Å². The molecule has 46 valence electrons. The molecule has 0 unspecified atom stereocenters. The van der Waals surface area contributed by atoms with Crippen molar-refractivity contribution in [2.24, 2.45) is 0 Å². The lowest BCUT2D eigenvalue weighted by molar-refractivity contribution is 0.922. The van der Waals surface area contributed by atoms with Crippen LogP contribution < -0.4 is 0 Å². The number of nitrogens with zero attached hydrogens (tertiary/aromatic N) is 1. The fourth-order valence-electron chi connectivity index (χ4n) is 0.0974. The van der Waals surface area contributed by atoms with Gasteiger partial charge in [0, 0.05) is 10.0 Å². The summed E-state index contributed by atoms with van der Waals surface area (Å²) in [6, 6.07) is 2.10. The van der Waals surface area contributed by atoms with Gasteiger partial charge in [-0.3, -0.25) is 0 Å². The molecule has 0 aliphatic carbocycles. The molecule has 4 heteroatoms. The molecule has 0 saturated carbocycles. The third-order valence-electron chi connectivity index (χ3n) is 0.509. The van der Waals surface area contributed by atoms with Crippen LogP contribution in [0.1, 0.15) is 13.8 Å². The Kier molecular flexibility index (Phi) is 3.70. The van der Waals surface area contributed by atoms with Crippen LogP contribution in [0.3, 0.4) is 0 Å². The molecule has 0 rings (SSSR count). The second-order valence-corrected chi connectivity index (χ2v) is 5.09. The van der Waals surface area contributed by atoms with E-state index in [9.17, 15) is 0 Å². The lowest BCUT2D eigenvalue weighted by Crippen LogP contribution is -2.07. The van der Waals surface area contributed by atoms with Gasteiger partial charge >= 0.3 is 0 Å². The molecule has 0 aromatic carbocycles. The van der Waals surface area contributed by atoms with E-state index in [1.54, 1.807) is 0 Å². The van der Waals surface area contributed by atoms with Gasteiger partial charge in [0.05, 0.1) is 6.07 Å². The molecular formula is C4H6ClNS2. The van der Waals surface area contributed by atoms with Gasteiger partial charge in [-0.2, -0.15) is 5.26 Å². The Morgan fingerprint density at radius 1 is 1.62 bits per heavy atom. The van der Waals surface area contributed by atoms with Crippen molar-refractivity contribution in [1.29, 1.82) is 5.26 Å². The normalized spacial score (nSPS) is 10.8. The van der Waals surface area contributed by atoms with Crippen molar-refractivity contribution >= 4 is 31.5 Å². The van der Waals surface area contributed by atoms with E-state index in [1.165, 1.54) is 10.8 Å². The van der Waals surface area contributed by atoms with Crippen molar-refractivity contribution in [3.63, 3.8) is 0 Å². The third-order valence-corrected chi connectivity index (χ3v) is 3.09. The Morgan fingerprint density at radius 2 is 2.12 bits per heavy atom. The van der Waals surface area contributed by atoms with E-state index in [1.807, 2.05) is 13.8 Å². The van der Waals surface area contributed by atoms with E-state index in [0.717, 1.165) is 10.0 Å². The zero-order valence-corrected chi connectivity index (χ0v) is 7.03. The van der Waals surface area contributed by atoms with Crippen molar-refractivity contribution in [2.75, 3.05) is 0 Å². The minimum absolute atomic E-state index is 0.355. The molecule has 0 spiro atoms. The zero-order valence-electron chi connectivity index (χ0n) is 4.64. The van der Waals surface area contributed by atoms with Crippen molar-refractivity contribution in [1.82, 2.24) is 0 Å². The summed E-state index contributed by atoms with van der Waals surface area (Å²) in [6.45, 7) is 3.65. The van der Waals surface area contributed by atoms with E-state index in [-0.39, 0.29) is 4.75 Å². The summed E-state index contributed by atoms with van der Waals surface area (Å²) in [7, 11) is 7.75. The average Bonchev–Trinajstić information content (AvgIpc) is 1.67. The predicted molar refractivity (Wildman–Crippen MR) is 40.7 cm³/mol. The Balaban J connectivity index is 3.59. The van der Waals surface area contributed by atoms with Crippen LogP contribution in [0.2, 0.25) is 0 Å². The molecule has 1 nitrogen and oxygen atoms in total. The van der Waals surface area contributed by atoms with Crippen molar-refractivity contribution in [3.05, 3.63) is 0 Å². The standard InChI is InChI=1S/C4H6ClNS2/c1-4(2,3-6)7-8-5/h1-2H3. The predicted octanol–water partition coefficient (Wildman–Crippen LogP) is 2.82. The van der Waals surface area contributed by atoms with Gasteiger partial charge < -0.3 is 0 Å². The quantitative estimate of drug-likeness (QED) is 0.591. The van der Waals surface area contributed by atoms with Gasteiger partial charge in [0.1, 0.15) is 4.75 Å². The summed E-state index contributed by atoms with van der Waals surface area (Å²) in [5.74, 6) is 0. The van der Waals surface area contributed by atoms with Gasteiger partial charge in [0.15, 0.2) is 0 Å². The fraction of sp³-hybridized carbons (Fsp3) is 0.750. The van der Waals surface area contributed by atoms with Gasteiger partial charge in [-0.25, -0.2) is 0 Å². The van der Waals surface area contributed by atoms with Crippen LogP contribution in [-0.2, 0) is 0 Å². The summed E-state index contributed by atoms with van der Waals surface area (Å²) < 4.78 is -0.355. The highest BCUT2D eigenvalue weighted by atomic mass is 35.7. The molecule has 0 radical (unpaired) electrons. The Bertz CT molecular complexity index is 107. The maximum atomic E-state index is 8.38. The van der Waals surface area contributed by atoms with Crippen LogP contribution in [0.5, 0.6) is 0 Å². The molecule has 0 amide bonds. The van der Waals surface area contributed by atoms with E-state index >= 15 is 0 Å². The number of rotatable bonds is 2. The molecule has 0 heterocycles. The van der Waals surface area contributed by atoms with E-state index in [2.05, 4.69) is 6.07 Å². The van der Waals surface area contributed by atoms with Crippen LogP contribution in [0.4, 0.5) is 0 Å². The number of hydrogen-bond donors (Lipinski definition) is 0.